The summed E-state index contributed by atoms with van der Waals surface area (Å²) in [6.07, 6.45) is 5.25. The number of nitrogens with one attached hydrogen (secondary N) is 3. The quantitative estimate of drug-likeness (QED) is 0.0571. The second-order valence-electron chi connectivity index (χ2n) is 16.7. The SMILES string of the molecule is COCCNC(=O)CCCCCON(C)C(=O)OC(C)(C)C.COCCNC(=O)CCCCON(C)C(=O)OC(C)(C)C.COCCNC(=O)CCCCON1C(=O)c2ccccc2C1=O. The minimum Gasteiger partial charge on any atom is -0.442 e. The number of amides is 7. The van der Waals surface area contributed by atoms with Crippen LogP contribution in [0.5, 0.6) is 0 Å². The fourth-order valence-electron chi connectivity index (χ4n) is 5.08. The number of fused-ring (bicyclic) bond motifs is 1. The molecule has 1 aliphatic rings. The van der Waals surface area contributed by atoms with Gasteiger partial charge in [-0.1, -0.05) is 18.6 Å². The summed E-state index contributed by atoms with van der Waals surface area (Å²) in [5.41, 5.74) is -0.370. The number of nitrogens with zero attached hydrogens (tertiary/aromatic N) is 3. The molecule has 0 saturated heterocycles. The first-order chi connectivity index (χ1) is 31.2. The maximum absolute atomic E-state index is 12.0. The number of benzene rings is 1. The molecule has 0 unspecified atom stereocenters. The summed E-state index contributed by atoms with van der Waals surface area (Å²) in [4.78, 5) is 97.3. The average molecular weight is 943 g/mol. The zero-order valence-corrected chi connectivity index (χ0v) is 41.2. The number of hydroxylamine groups is 6. The summed E-state index contributed by atoms with van der Waals surface area (Å²) in [7, 11) is 7.79. The largest absolute Gasteiger partial charge is 0.442 e. The summed E-state index contributed by atoms with van der Waals surface area (Å²) in [6.45, 7) is 14.8. The summed E-state index contributed by atoms with van der Waals surface area (Å²) in [5.74, 6) is -0.912. The molecule has 7 amide bonds. The van der Waals surface area contributed by atoms with Crippen LogP contribution in [-0.2, 0) is 52.6 Å². The first kappa shape index (κ1) is 61.1. The Morgan fingerprint density at radius 1 is 0.515 bits per heavy atom. The van der Waals surface area contributed by atoms with Crippen LogP contribution < -0.4 is 16.0 Å². The van der Waals surface area contributed by atoms with Crippen LogP contribution in [0.15, 0.2) is 24.3 Å². The Hall–Kier alpha value is -4.93. The van der Waals surface area contributed by atoms with Crippen molar-refractivity contribution in [1.29, 1.82) is 0 Å². The van der Waals surface area contributed by atoms with Crippen molar-refractivity contribution in [3.05, 3.63) is 35.4 Å². The highest BCUT2D eigenvalue weighted by Crippen LogP contribution is 2.22. The Morgan fingerprint density at radius 2 is 0.848 bits per heavy atom. The molecule has 1 aromatic carbocycles. The van der Waals surface area contributed by atoms with E-state index in [2.05, 4.69) is 16.0 Å². The number of carbonyl (C=O) groups is 7. The monoisotopic (exact) mass is 943 g/mol. The molecule has 1 aromatic rings. The van der Waals surface area contributed by atoms with Gasteiger partial charge in [0, 0.05) is 74.3 Å². The van der Waals surface area contributed by atoms with E-state index in [4.69, 9.17) is 38.2 Å². The van der Waals surface area contributed by atoms with Crippen LogP contribution in [-0.4, -0.2) is 163 Å². The third-order valence-electron chi connectivity index (χ3n) is 8.38. The normalized spacial score (nSPS) is 11.9. The highest BCUT2D eigenvalue weighted by molar-refractivity contribution is 6.20. The molecule has 0 bridgehead atoms. The molecule has 0 spiro atoms. The highest BCUT2D eigenvalue weighted by atomic mass is 16.7. The van der Waals surface area contributed by atoms with Crippen LogP contribution in [0.1, 0.15) is 126 Å². The molecule has 0 fully saturated rings. The third kappa shape index (κ3) is 31.1. The van der Waals surface area contributed by atoms with Gasteiger partial charge in [0.25, 0.3) is 11.8 Å². The van der Waals surface area contributed by atoms with Crippen molar-refractivity contribution >= 4 is 41.7 Å². The fraction of sp³-hybridized carbons (Fsp3) is 0.711. The van der Waals surface area contributed by atoms with Crippen LogP contribution >= 0.6 is 0 Å². The van der Waals surface area contributed by atoms with Crippen LogP contribution in [0.3, 0.4) is 0 Å². The standard InChI is InChI=1S/C16H20N2O5.C15H30N2O5.C14H28N2O5/c1-22-11-9-17-14(19)8-4-5-10-23-18-15(20)12-6-2-3-7-13(12)16(18)21;1-15(2,3)22-14(19)17(4)21-11-8-6-7-9-13(18)16-10-12-20-5;1-14(2,3)21-13(18)16(4)20-10-7-6-8-12(17)15-9-11-19-5/h2-3,6-7H,4-5,8-11H2,1H3,(H,17,19);6-12H2,1-5H3,(H,16,18);6-11H2,1-5H3,(H,15,17). The molecule has 1 aliphatic heterocycles. The molecule has 21 heteroatoms. The first-order valence-corrected chi connectivity index (χ1v) is 22.2. The summed E-state index contributed by atoms with van der Waals surface area (Å²) in [5, 5.41) is 11.2. The molecule has 0 aromatic heterocycles. The summed E-state index contributed by atoms with van der Waals surface area (Å²) >= 11 is 0. The van der Waals surface area contributed by atoms with Gasteiger partial charge in [0.1, 0.15) is 11.2 Å². The van der Waals surface area contributed by atoms with Crippen LogP contribution in [0.4, 0.5) is 9.59 Å². The molecular weight excluding hydrogens is 865 g/mol. The van der Waals surface area contributed by atoms with E-state index < -0.39 is 35.2 Å². The molecule has 1 heterocycles. The molecule has 2 rings (SSSR count). The Morgan fingerprint density at radius 3 is 1.20 bits per heavy atom. The predicted octanol–water partition coefficient (Wildman–Crippen LogP) is 4.97. The molecule has 0 radical (unpaired) electrons. The highest BCUT2D eigenvalue weighted by Gasteiger charge is 2.36. The molecule has 66 heavy (non-hydrogen) atoms. The maximum atomic E-state index is 12.0. The number of rotatable bonds is 28. The smallest absolute Gasteiger partial charge is 0.434 e. The molecule has 0 atom stereocenters. The molecule has 0 saturated carbocycles. The van der Waals surface area contributed by atoms with E-state index in [0.29, 0.717) is 109 Å². The van der Waals surface area contributed by atoms with E-state index in [-0.39, 0.29) is 24.3 Å². The van der Waals surface area contributed by atoms with Gasteiger partial charge in [-0.15, -0.1) is 5.06 Å². The lowest BCUT2D eigenvalue weighted by molar-refractivity contribution is -0.132. The second kappa shape index (κ2) is 35.3. The van der Waals surface area contributed by atoms with E-state index >= 15 is 0 Å². The molecular formula is C45H78N6O15. The van der Waals surface area contributed by atoms with Crippen molar-refractivity contribution in [1.82, 2.24) is 31.1 Å². The lowest BCUT2D eigenvalue weighted by atomic mass is 10.1. The van der Waals surface area contributed by atoms with Crippen molar-refractivity contribution in [2.24, 2.45) is 0 Å². The van der Waals surface area contributed by atoms with Gasteiger partial charge < -0.3 is 39.6 Å². The zero-order valence-electron chi connectivity index (χ0n) is 41.2. The lowest BCUT2D eigenvalue weighted by Crippen LogP contribution is -2.34. The van der Waals surface area contributed by atoms with Gasteiger partial charge in [-0.2, -0.15) is 10.1 Å². The Kier molecular flexibility index (Phi) is 32.7. The molecule has 0 aliphatic carbocycles. The Bertz CT molecular complexity index is 1550. The molecule has 21 nitrogen and oxygen atoms in total. The van der Waals surface area contributed by atoms with E-state index in [9.17, 15) is 33.6 Å². The Balaban J connectivity index is 0.000000962. The Labute approximate surface area is 391 Å². The van der Waals surface area contributed by atoms with Crippen molar-refractivity contribution in [2.75, 3.05) is 94.7 Å². The summed E-state index contributed by atoms with van der Waals surface area (Å²) in [6, 6.07) is 6.61. The van der Waals surface area contributed by atoms with Gasteiger partial charge in [0.15, 0.2) is 0 Å². The zero-order chi connectivity index (χ0) is 50.0. The topological polar surface area (TPSA) is 239 Å². The molecule has 378 valence electrons. The van der Waals surface area contributed by atoms with Gasteiger partial charge in [-0.05, 0) is 92.2 Å². The van der Waals surface area contributed by atoms with Gasteiger partial charge in [0.05, 0.1) is 50.8 Å². The second-order valence-corrected chi connectivity index (χ2v) is 16.7. The number of ether oxygens (including phenoxy) is 5. The number of methoxy groups -OCH3 is 3. The number of hydrogen-bond donors (Lipinski definition) is 3. The lowest BCUT2D eigenvalue weighted by Gasteiger charge is -2.24. The minimum absolute atomic E-state index is 0.00690. The molecule has 3 N–H and O–H groups in total. The third-order valence-corrected chi connectivity index (χ3v) is 8.38. The average Bonchev–Trinajstić information content (AvgIpc) is 3.48. The van der Waals surface area contributed by atoms with Crippen LogP contribution in [0, 0.1) is 0 Å². The van der Waals surface area contributed by atoms with Crippen molar-refractivity contribution < 1.29 is 71.8 Å². The van der Waals surface area contributed by atoms with Crippen molar-refractivity contribution in [2.45, 2.75) is 117 Å². The van der Waals surface area contributed by atoms with Gasteiger partial charge in [0.2, 0.25) is 17.7 Å². The van der Waals surface area contributed by atoms with Gasteiger partial charge >= 0.3 is 12.2 Å². The van der Waals surface area contributed by atoms with E-state index in [1.165, 1.54) is 14.1 Å². The minimum atomic E-state index is -0.547. The first-order valence-electron chi connectivity index (χ1n) is 22.2. The van der Waals surface area contributed by atoms with Crippen molar-refractivity contribution in [3.8, 4) is 0 Å². The summed E-state index contributed by atoms with van der Waals surface area (Å²) < 4.78 is 24.8. The maximum Gasteiger partial charge on any atom is 0.434 e. The van der Waals surface area contributed by atoms with E-state index in [1.807, 2.05) is 0 Å². The number of carbonyl (C=O) groups excluding carboxylic acids is 7. The fourth-order valence-corrected chi connectivity index (χ4v) is 5.08. The number of imide groups is 1. The van der Waals surface area contributed by atoms with Crippen molar-refractivity contribution in [3.63, 3.8) is 0 Å². The number of hydrogen-bond acceptors (Lipinski definition) is 15. The van der Waals surface area contributed by atoms with E-state index in [0.717, 1.165) is 34.5 Å². The van der Waals surface area contributed by atoms with Crippen LogP contribution in [0.2, 0.25) is 0 Å². The van der Waals surface area contributed by atoms with E-state index in [1.54, 1.807) is 87.1 Å². The number of unbranched alkanes of at least 4 members (excludes halogenated alkanes) is 4. The van der Waals surface area contributed by atoms with Crippen LogP contribution in [0.25, 0.3) is 0 Å². The van der Waals surface area contributed by atoms with Gasteiger partial charge in [-0.3, -0.25) is 38.5 Å². The predicted molar refractivity (Wildman–Crippen MR) is 244 cm³/mol. The van der Waals surface area contributed by atoms with Gasteiger partial charge in [-0.25, -0.2) is 9.59 Å².